The molecule has 2 fully saturated rings. The summed E-state index contributed by atoms with van der Waals surface area (Å²) in [6.45, 7) is 9.27. The molecule has 3 heteroatoms. The third kappa shape index (κ3) is 6.82. The van der Waals surface area contributed by atoms with Gasteiger partial charge in [0, 0.05) is 6.61 Å². The van der Waals surface area contributed by atoms with Crippen LogP contribution in [0.1, 0.15) is 66.2 Å². The lowest BCUT2D eigenvalue weighted by Gasteiger charge is -2.29. The second kappa shape index (κ2) is 8.77. The lowest BCUT2D eigenvalue weighted by Crippen LogP contribution is -2.25. The lowest BCUT2D eigenvalue weighted by molar-refractivity contribution is -0.143. The van der Waals surface area contributed by atoms with E-state index in [-0.39, 0.29) is 5.92 Å². The zero-order valence-corrected chi connectivity index (χ0v) is 14.2. The molecular formula is C18H34O3. The molecule has 0 aliphatic heterocycles. The van der Waals surface area contributed by atoms with Crippen molar-refractivity contribution in [1.82, 2.24) is 0 Å². The topological polar surface area (TPSA) is 57.5 Å². The van der Waals surface area contributed by atoms with Crippen LogP contribution < -0.4 is 0 Å². The number of hydrogen-bond acceptors (Lipinski definition) is 2. The zero-order valence-electron chi connectivity index (χ0n) is 14.2. The summed E-state index contributed by atoms with van der Waals surface area (Å²) in [4.78, 5) is 10.6. The highest BCUT2D eigenvalue weighted by Crippen LogP contribution is 2.33. The number of carbonyl (C=O) groups is 1. The smallest absolute Gasteiger partial charge is 0.306 e. The maximum atomic E-state index is 10.6. The molecule has 2 aliphatic carbocycles. The van der Waals surface area contributed by atoms with Gasteiger partial charge >= 0.3 is 5.97 Å². The Kier molecular flexibility index (Phi) is 7.72. The normalized spacial score (nSPS) is 40.0. The number of aliphatic hydroxyl groups is 1. The van der Waals surface area contributed by atoms with Crippen molar-refractivity contribution in [1.29, 1.82) is 0 Å². The van der Waals surface area contributed by atoms with Crippen LogP contribution in [0.5, 0.6) is 0 Å². The molecule has 6 atom stereocenters. The van der Waals surface area contributed by atoms with Gasteiger partial charge in [-0.3, -0.25) is 4.79 Å². The molecule has 3 nitrogen and oxygen atoms in total. The highest BCUT2D eigenvalue weighted by Gasteiger charge is 2.28. The molecule has 2 aliphatic rings. The summed E-state index contributed by atoms with van der Waals surface area (Å²) < 4.78 is 0. The van der Waals surface area contributed by atoms with Gasteiger partial charge in [-0.2, -0.15) is 0 Å². The van der Waals surface area contributed by atoms with E-state index < -0.39 is 5.97 Å². The summed E-state index contributed by atoms with van der Waals surface area (Å²) in [7, 11) is 0. The summed E-state index contributed by atoms with van der Waals surface area (Å²) >= 11 is 0. The predicted octanol–water partition coefficient (Wildman–Crippen LogP) is 4.19. The first kappa shape index (κ1) is 18.5. The van der Waals surface area contributed by atoms with Crippen molar-refractivity contribution >= 4 is 5.97 Å². The van der Waals surface area contributed by atoms with Crippen molar-refractivity contribution in [2.45, 2.75) is 66.2 Å². The van der Waals surface area contributed by atoms with Crippen LogP contribution in [0.2, 0.25) is 0 Å². The molecule has 0 aromatic carbocycles. The number of rotatable bonds is 2. The van der Waals surface area contributed by atoms with Gasteiger partial charge in [0.2, 0.25) is 0 Å². The van der Waals surface area contributed by atoms with Crippen molar-refractivity contribution < 1.29 is 15.0 Å². The summed E-state index contributed by atoms with van der Waals surface area (Å²) in [5.41, 5.74) is 0. The Hall–Kier alpha value is -0.570. The Labute approximate surface area is 130 Å². The van der Waals surface area contributed by atoms with E-state index in [9.17, 15) is 4.79 Å². The maximum Gasteiger partial charge on any atom is 0.306 e. The molecule has 0 aromatic heterocycles. The highest BCUT2D eigenvalue weighted by molar-refractivity contribution is 5.70. The number of hydrogen-bond donors (Lipinski definition) is 2. The van der Waals surface area contributed by atoms with E-state index in [2.05, 4.69) is 27.7 Å². The molecule has 0 bridgehead atoms. The second-order valence-electron chi connectivity index (χ2n) is 7.92. The van der Waals surface area contributed by atoms with Gasteiger partial charge in [-0.05, 0) is 68.1 Å². The summed E-state index contributed by atoms with van der Waals surface area (Å²) in [6, 6.07) is 0. The average molecular weight is 298 g/mol. The minimum absolute atomic E-state index is 0.0752. The molecule has 2 rings (SSSR count). The standard InChI is InChI=1S/C9H16O2.C9H18O/c1-6-3-7(2)5-8(4-6)9(10)11;1-7-3-8(2)5-9(4-7)6-10/h6-8H,3-5H2,1-2H3,(H,10,11);7-10H,3-6H2,1-2H3/t6-,7+,8?;7-,8+,9?. The van der Waals surface area contributed by atoms with Crippen molar-refractivity contribution in [3.63, 3.8) is 0 Å². The minimum Gasteiger partial charge on any atom is -0.481 e. The molecule has 2 unspecified atom stereocenters. The number of carboxylic acid groups (broad SMARTS) is 1. The number of aliphatic carboxylic acids is 1. The van der Waals surface area contributed by atoms with Crippen molar-refractivity contribution in [3.8, 4) is 0 Å². The van der Waals surface area contributed by atoms with Crippen LogP contribution >= 0.6 is 0 Å². The predicted molar refractivity (Wildman–Crippen MR) is 86.1 cm³/mol. The van der Waals surface area contributed by atoms with Gasteiger partial charge < -0.3 is 10.2 Å². The third-order valence-electron chi connectivity index (χ3n) is 5.06. The van der Waals surface area contributed by atoms with E-state index >= 15 is 0 Å². The second-order valence-corrected chi connectivity index (χ2v) is 7.92. The molecule has 0 saturated heterocycles. The average Bonchev–Trinajstić information content (AvgIpc) is 2.37. The fraction of sp³-hybridized carbons (Fsp3) is 0.944. The molecule has 0 aromatic rings. The molecule has 0 heterocycles. The Morgan fingerprint density at radius 1 is 0.810 bits per heavy atom. The zero-order chi connectivity index (χ0) is 16.0. The van der Waals surface area contributed by atoms with Gasteiger partial charge in [-0.1, -0.05) is 27.7 Å². The monoisotopic (exact) mass is 298 g/mol. The van der Waals surface area contributed by atoms with Crippen LogP contribution in [0.25, 0.3) is 0 Å². The van der Waals surface area contributed by atoms with Gasteiger partial charge in [0.1, 0.15) is 0 Å². The molecule has 2 N–H and O–H groups in total. The van der Waals surface area contributed by atoms with Crippen LogP contribution in [0.4, 0.5) is 0 Å². The Bertz CT molecular complexity index is 296. The first-order valence-corrected chi connectivity index (χ1v) is 8.65. The van der Waals surface area contributed by atoms with Gasteiger partial charge in [-0.25, -0.2) is 0 Å². The van der Waals surface area contributed by atoms with Crippen molar-refractivity contribution in [2.24, 2.45) is 35.5 Å². The van der Waals surface area contributed by atoms with E-state index in [0.29, 0.717) is 24.4 Å². The van der Waals surface area contributed by atoms with Gasteiger partial charge in [-0.15, -0.1) is 0 Å². The molecular weight excluding hydrogens is 264 g/mol. The van der Waals surface area contributed by atoms with Crippen LogP contribution in [0.3, 0.4) is 0 Å². The summed E-state index contributed by atoms with van der Waals surface area (Å²) in [5, 5.41) is 17.7. The van der Waals surface area contributed by atoms with Crippen LogP contribution in [0, 0.1) is 35.5 Å². The third-order valence-corrected chi connectivity index (χ3v) is 5.06. The first-order valence-electron chi connectivity index (χ1n) is 8.65. The van der Waals surface area contributed by atoms with Crippen molar-refractivity contribution in [3.05, 3.63) is 0 Å². The Balaban J connectivity index is 0.000000211. The van der Waals surface area contributed by atoms with Crippen LogP contribution in [-0.2, 0) is 4.79 Å². The van der Waals surface area contributed by atoms with E-state index in [1.807, 2.05) is 0 Å². The SMILES string of the molecule is C[C@@H]1CC(C(=O)O)C[C@H](C)C1.C[C@@H]1CC(CO)C[C@H](C)C1. The maximum absolute atomic E-state index is 10.6. The van der Waals surface area contributed by atoms with E-state index in [4.69, 9.17) is 10.2 Å². The number of aliphatic hydroxyl groups excluding tert-OH is 1. The minimum atomic E-state index is -0.608. The van der Waals surface area contributed by atoms with E-state index in [1.165, 1.54) is 25.7 Å². The van der Waals surface area contributed by atoms with Gasteiger partial charge in [0.25, 0.3) is 0 Å². The van der Waals surface area contributed by atoms with E-state index in [0.717, 1.165) is 24.7 Å². The van der Waals surface area contributed by atoms with E-state index in [1.54, 1.807) is 0 Å². The van der Waals surface area contributed by atoms with Gasteiger partial charge in [0.05, 0.1) is 5.92 Å². The lowest BCUT2D eigenvalue weighted by atomic mass is 9.77. The fourth-order valence-corrected chi connectivity index (χ4v) is 4.41. The molecule has 0 amide bonds. The molecule has 2 saturated carbocycles. The largest absolute Gasteiger partial charge is 0.481 e. The van der Waals surface area contributed by atoms with Crippen molar-refractivity contribution in [2.75, 3.05) is 6.61 Å². The Morgan fingerprint density at radius 3 is 1.52 bits per heavy atom. The quantitative estimate of drug-likeness (QED) is 0.803. The van der Waals surface area contributed by atoms with Crippen LogP contribution in [0.15, 0.2) is 0 Å². The number of carboxylic acids is 1. The first-order chi connectivity index (χ1) is 9.81. The summed E-state index contributed by atoms with van der Waals surface area (Å²) in [6.07, 6.45) is 6.78. The van der Waals surface area contributed by atoms with Crippen LogP contribution in [-0.4, -0.2) is 22.8 Å². The van der Waals surface area contributed by atoms with Gasteiger partial charge in [0.15, 0.2) is 0 Å². The molecule has 124 valence electrons. The highest BCUT2D eigenvalue weighted by atomic mass is 16.4. The Morgan fingerprint density at radius 2 is 1.19 bits per heavy atom. The summed E-state index contributed by atoms with van der Waals surface area (Å²) in [5.74, 6) is 2.78. The fourth-order valence-electron chi connectivity index (χ4n) is 4.41. The molecule has 21 heavy (non-hydrogen) atoms. The molecule has 0 spiro atoms. The molecule has 0 radical (unpaired) electrons.